The second-order valence-corrected chi connectivity index (χ2v) is 34.3. The first-order valence-corrected chi connectivity index (χ1v) is 33.3. The van der Waals surface area contributed by atoms with Crippen LogP contribution >= 0.6 is 0 Å². The molecule has 0 aliphatic carbocycles. The first-order chi connectivity index (χ1) is 42.5. The van der Waals surface area contributed by atoms with Crippen LogP contribution in [-0.4, -0.2) is 32.6 Å². The number of fused-ring (bicyclic) bond motifs is 6. The van der Waals surface area contributed by atoms with E-state index in [9.17, 15) is 10.2 Å². The van der Waals surface area contributed by atoms with Crippen LogP contribution in [0.4, 0.5) is 8.78 Å². The molecule has 10 rings (SSSR count). The predicted molar refractivity (Wildman–Crippen MR) is 398 cm³/mol. The minimum absolute atomic E-state index is 0. The molecule has 2 N–H and O–H groups in total. The predicted octanol–water partition coefficient (Wildman–Crippen LogP) is 24.7. The standard InChI is InChI=1S/C84H102F2N2O4.2CH3.Zr/c1-77(2,3)49-83(19,20)55-43-65(75(89)71(45-55)87-67-31-25-51(79(7,8)9)39-59(67)60-40-52(80(10,11)12)26-32-68(60)87)63-47-57(85)29-35-73(63)91-37-23-24-38-92-74-36-30-58(86)48-64(74)66-44-56(84(21,22)50-78(4,5)6)46-72(76(66)90)88-69-33-27-53(81(13,14)15)41-61(69)62-42-54(82(16,17)18)28-34-70(62)88;;;/h25-36,39-48,89-90H,23-24,37-38,49-50H2,1-22H3;2*1H3;/q;2*-1;+2. The van der Waals surface area contributed by atoms with Crippen molar-refractivity contribution in [2.45, 2.75) is 210 Å². The summed E-state index contributed by atoms with van der Waals surface area (Å²) in [6, 6.07) is 44.1. The van der Waals surface area contributed by atoms with E-state index in [4.69, 9.17) is 9.47 Å². The fourth-order valence-electron chi connectivity index (χ4n) is 14.3. The molecule has 0 saturated carbocycles. The molecule has 0 unspecified atom stereocenters. The summed E-state index contributed by atoms with van der Waals surface area (Å²) in [7, 11) is 0. The zero-order chi connectivity index (χ0) is 67.4. The third-order valence-corrected chi connectivity index (χ3v) is 18.7. The smallest absolute Gasteiger partial charge is 0.505 e. The molecule has 95 heavy (non-hydrogen) atoms. The Morgan fingerprint density at radius 1 is 0.337 bits per heavy atom. The van der Waals surface area contributed by atoms with Gasteiger partial charge in [-0.2, -0.15) is 0 Å². The molecule has 504 valence electrons. The van der Waals surface area contributed by atoms with Crippen molar-refractivity contribution in [3.05, 3.63) is 193 Å². The van der Waals surface area contributed by atoms with Gasteiger partial charge in [0.05, 0.1) is 46.7 Å². The summed E-state index contributed by atoms with van der Waals surface area (Å²) < 4.78 is 49.5. The van der Waals surface area contributed by atoms with Crippen LogP contribution in [-0.2, 0) is 58.7 Å². The minimum Gasteiger partial charge on any atom is -0.505 e. The van der Waals surface area contributed by atoms with Gasteiger partial charge in [0.15, 0.2) is 0 Å². The van der Waals surface area contributed by atoms with E-state index in [0.29, 0.717) is 58.0 Å². The number of hydrogen-bond acceptors (Lipinski definition) is 4. The first-order valence-electron chi connectivity index (χ1n) is 33.3. The molecule has 0 aliphatic heterocycles. The molecule has 0 spiro atoms. The Hall–Kier alpha value is -6.70. The van der Waals surface area contributed by atoms with E-state index in [0.717, 1.165) is 67.6 Å². The number of aromatic hydroxyl groups is 2. The summed E-state index contributed by atoms with van der Waals surface area (Å²) >= 11 is 0. The fourth-order valence-corrected chi connectivity index (χ4v) is 14.3. The maximum atomic E-state index is 15.9. The number of hydrogen-bond donors (Lipinski definition) is 2. The molecule has 0 radical (unpaired) electrons. The van der Waals surface area contributed by atoms with E-state index in [1.807, 2.05) is 12.1 Å². The maximum absolute atomic E-state index is 15.9. The van der Waals surface area contributed by atoms with Gasteiger partial charge in [0, 0.05) is 43.8 Å². The molecule has 0 atom stereocenters. The Morgan fingerprint density at radius 3 is 0.863 bits per heavy atom. The van der Waals surface area contributed by atoms with Crippen LogP contribution in [0.2, 0.25) is 0 Å². The van der Waals surface area contributed by atoms with E-state index in [2.05, 4.69) is 246 Å². The Balaban J connectivity index is 0.00000425. The summed E-state index contributed by atoms with van der Waals surface area (Å²) in [6.45, 7) is 49.8. The Bertz CT molecular complexity index is 4030. The van der Waals surface area contributed by atoms with Gasteiger partial charge < -0.3 is 43.7 Å². The fraction of sp³-hybridized carbons (Fsp3) is 0.419. The second kappa shape index (κ2) is 27.0. The Morgan fingerprint density at radius 2 is 0.611 bits per heavy atom. The molecule has 2 aromatic heterocycles. The van der Waals surface area contributed by atoms with Crippen LogP contribution in [0.5, 0.6) is 23.0 Å². The Labute approximate surface area is 588 Å². The molecular weight excluding hydrogens is 1250 g/mol. The van der Waals surface area contributed by atoms with Crippen molar-refractivity contribution in [2.24, 2.45) is 10.8 Å². The van der Waals surface area contributed by atoms with E-state index in [-0.39, 0.29) is 109 Å². The van der Waals surface area contributed by atoms with Crippen molar-refractivity contribution in [1.29, 1.82) is 0 Å². The van der Waals surface area contributed by atoms with E-state index in [1.54, 1.807) is 12.1 Å². The average molecular weight is 1360 g/mol. The average Bonchev–Trinajstić information content (AvgIpc) is 1.62. The van der Waals surface area contributed by atoms with Gasteiger partial charge in [-0.05, 0) is 212 Å². The summed E-state index contributed by atoms with van der Waals surface area (Å²) in [6.07, 6.45) is 2.81. The van der Waals surface area contributed by atoms with Gasteiger partial charge in [-0.1, -0.05) is 177 Å². The van der Waals surface area contributed by atoms with Crippen molar-refractivity contribution in [2.75, 3.05) is 13.2 Å². The molecule has 0 amide bonds. The summed E-state index contributed by atoms with van der Waals surface area (Å²) in [4.78, 5) is 0. The quantitative estimate of drug-likeness (QED) is 0.0793. The molecule has 10 aromatic rings. The number of halogens is 2. The summed E-state index contributed by atoms with van der Waals surface area (Å²) in [5, 5.41) is 30.4. The van der Waals surface area contributed by atoms with E-state index >= 15 is 8.78 Å². The van der Waals surface area contributed by atoms with Gasteiger partial charge in [-0.3, -0.25) is 0 Å². The molecule has 0 fully saturated rings. The Kier molecular flexibility index (Phi) is 21.5. The molecule has 9 heteroatoms. The largest absolute Gasteiger partial charge is 2.00 e. The SMILES string of the molecule is CC(C)(C)CC(C)(C)c1cc(-c2cc(F)ccc2OCCCCOc2ccc(F)cc2-c2cc(C(C)(C)CC(C)(C)C)cc(-n3c4ccc(C(C)(C)C)cc4c4cc(C(C)(C)C)ccc43)c2O)c(O)c(-n2c3ccc(C(C)(C)C)cc3c3cc(C(C)(C)C)ccc32)c1.[CH3-].[CH3-].[Zr+2]. The molecule has 0 saturated heterocycles. The van der Waals surface area contributed by atoms with Gasteiger partial charge in [0.2, 0.25) is 0 Å². The van der Waals surface area contributed by atoms with Gasteiger partial charge >= 0.3 is 26.2 Å². The van der Waals surface area contributed by atoms with Crippen LogP contribution in [0, 0.1) is 37.3 Å². The van der Waals surface area contributed by atoms with E-state index < -0.39 is 11.6 Å². The number of rotatable bonds is 15. The van der Waals surface area contributed by atoms with Crippen molar-refractivity contribution >= 4 is 43.6 Å². The zero-order valence-corrected chi connectivity index (χ0v) is 64.3. The number of phenolic OH excluding ortho intramolecular Hbond substituents is 2. The number of phenols is 2. The third kappa shape index (κ3) is 15.8. The van der Waals surface area contributed by atoms with Crippen molar-refractivity contribution in [1.82, 2.24) is 9.13 Å². The zero-order valence-electron chi connectivity index (χ0n) is 61.8. The minimum atomic E-state index is -0.446. The van der Waals surface area contributed by atoms with Gasteiger partial charge in [-0.25, -0.2) is 8.78 Å². The number of ether oxygens (including phenoxy) is 2. The van der Waals surface area contributed by atoms with Crippen LogP contribution in [0.25, 0.3) is 77.2 Å². The van der Waals surface area contributed by atoms with Crippen molar-refractivity contribution in [3.63, 3.8) is 0 Å². The number of unbranched alkanes of at least 4 members (excludes halogenated alkanes) is 1. The van der Waals surface area contributed by atoms with Gasteiger partial charge in [0.25, 0.3) is 0 Å². The van der Waals surface area contributed by atoms with Crippen LogP contribution in [0.15, 0.2) is 133 Å². The van der Waals surface area contributed by atoms with Crippen LogP contribution in [0.1, 0.15) is 211 Å². The summed E-state index contributed by atoms with van der Waals surface area (Å²) in [5.41, 5.74) is 12.7. The van der Waals surface area contributed by atoms with Crippen LogP contribution in [0.3, 0.4) is 0 Å². The third-order valence-electron chi connectivity index (χ3n) is 18.7. The monoisotopic (exact) mass is 1360 g/mol. The van der Waals surface area contributed by atoms with Gasteiger partial charge in [0.1, 0.15) is 34.6 Å². The maximum Gasteiger partial charge on any atom is 2.00 e. The summed E-state index contributed by atoms with van der Waals surface area (Å²) in [5.74, 6) is 0.0504. The first kappa shape index (κ1) is 75.7. The normalized spacial score (nSPS) is 12.9. The van der Waals surface area contributed by atoms with Crippen molar-refractivity contribution < 1.29 is 54.7 Å². The molecular formula is C86H108F2N2O4Zr. The number of nitrogens with zero attached hydrogens (tertiary/aromatic N) is 2. The topological polar surface area (TPSA) is 68.8 Å². The molecule has 2 heterocycles. The van der Waals surface area contributed by atoms with E-state index in [1.165, 1.54) is 46.5 Å². The second-order valence-electron chi connectivity index (χ2n) is 34.3. The molecule has 0 bridgehead atoms. The van der Waals surface area contributed by atoms with Gasteiger partial charge in [-0.15, -0.1) is 0 Å². The molecule has 0 aliphatic rings. The number of aromatic nitrogens is 2. The van der Waals surface area contributed by atoms with Crippen molar-refractivity contribution in [3.8, 4) is 56.6 Å². The number of benzene rings is 8. The molecule has 6 nitrogen and oxygen atoms in total. The van der Waals surface area contributed by atoms with Crippen LogP contribution < -0.4 is 9.47 Å². The molecule has 8 aromatic carbocycles.